The molecule has 0 amide bonds. The normalized spacial score (nSPS) is 12.0. The molecule has 1 atom stereocenters. The van der Waals surface area contributed by atoms with E-state index >= 15 is 0 Å². The van der Waals surface area contributed by atoms with Crippen LogP contribution < -0.4 is 4.74 Å². The summed E-state index contributed by atoms with van der Waals surface area (Å²) >= 11 is 1.09. The van der Waals surface area contributed by atoms with Crippen molar-refractivity contribution in [1.29, 1.82) is 0 Å². The van der Waals surface area contributed by atoms with Crippen molar-refractivity contribution in [1.82, 2.24) is 8.75 Å². The average Bonchev–Trinajstić information content (AvgIpc) is 3.15. The fourth-order valence-electron chi connectivity index (χ4n) is 3.01. The number of carbonyl (C=O) groups excluding carboxylic acids is 2. The van der Waals surface area contributed by atoms with Crippen LogP contribution in [-0.2, 0) is 9.53 Å². The van der Waals surface area contributed by atoms with Crippen molar-refractivity contribution in [2.75, 3.05) is 13.7 Å². The fraction of sp³-hybridized carbons (Fsp3) is 0.300. The number of Topliss-reactive ketones (excluding diaryl/α,β-unsaturated/α-hetero) is 1. The molecule has 3 aromatic rings. The molecule has 0 saturated carbocycles. The standard InChI is InChI=1S/C20H19FN2O4S/c1-4-27-20(25)14(13-7-11(2)19-16(9-13)22-28-23-19)10-17(24)12-5-6-18(26-3)15(21)8-12/h5-9,14H,4,10H2,1-3H3. The van der Waals surface area contributed by atoms with Gasteiger partial charge in [-0.15, -0.1) is 0 Å². The molecule has 1 aromatic heterocycles. The van der Waals surface area contributed by atoms with Crippen molar-refractivity contribution in [2.45, 2.75) is 26.2 Å². The number of halogens is 1. The second-order valence-corrected chi connectivity index (χ2v) is 6.78. The molecule has 1 unspecified atom stereocenters. The number of aryl methyl sites for hydroxylation is 1. The lowest BCUT2D eigenvalue weighted by Gasteiger charge is -2.16. The molecule has 3 rings (SSSR count). The average molecular weight is 402 g/mol. The highest BCUT2D eigenvalue weighted by Crippen LogP contribution is 2.29. The van der Waals surface area contributed by atoms with Crippen LogP contribution in [0.25, 0.3) is 11.0 Å². The maximum atomic E-state index is 14.0. The van der Waals surface area contributed by atoms with E-state index in [0.717, 1.165) is 28.9 Å². The Morgan fingerprint density at radius 1 is 1.21 bits per heavy atom. The van der Waals surface area contributed by atoms with E-state index in [1.165, 1.54) is 19.2 Å². The van der Waals surface area contributed by atoms with E-state index in [-0.39, 0.29) is 30.1 Å². The third kappa shape index (κ3) is 4.01. The maximum absolute atomic E-state index is 14.0. The third-order valence-electron chi connectivity index (χ3n) is 4.41. The Morgan fingerprint density at radius 3 is 2.68 bits per heavy atom. The predicted molar refractivity (Wildman–Crippen MR) is 103 cm³/mol. The minimum absolute atomic E-state index is 0.0515. The largest absolute Gasteiger partial charge is 0.494 e. The highest BCUT2D eigenvalue weighted by molar-refractivity contribution is 7.00. The van der Waals surface area contributed by atoms with Gasteiger partial charge in [-0.3, -0.25) is 9.59 Å². The van der Waals surface area contributed by atoms with Gasteiger partial charge in [-0.25, -0.2) is 4.39 Å². The highest BCUT2D eigenvalue weighted by Gasteiger charge is 2.27. The van der Waals surface area contributed by atoms with Gasteiger partial charge >= 0.3 is 5.97 Å². The summed E-state index contributed by atoms with van der Waals surface area (Å²) < 4.78 is 32.5. The number of benzene rings is 2. The molecule has 0 saturated heterocycles. The van der Waals surface area contributed by atoms with Crippen LogP contribution in [0, 0.1) is 12.7 Å². The Bertz CT molecular complexity index is 1030. The molecule has 0 aliphatic heterocycles. The number of nitrogens with zero attached hydrogens (tertiary/aromatic N) is 2. The molecule has 0 N–H and O–H groups in total. The number of methoxy groups -OCH3 is 1. The number of fused-ring (bicyclic) bond motifs is 1. The topological polar surface area (TPSA) is 78.4 Å². The first-order chi connectivity index (χ1) is 13.4. The van der Waals surface area contributed by atoms with Crippen molar-refractivity contribution in [2.24, 2.45) is 0 Å². The maximum Gasteiger partial charge on any atom is 0.313 e. The molecule has 0 aliphatic rings. The van der Waals surface area contributed by atoms with Gasteiger partial charge in [0.15, 0.2) is 17.3 Å². The summed E-state index contributed by atoms with van der Waals surface area (Å²) in [5.41, 5.74) is 3.08. The molecule has 0 fully saturated rings. The lowest BCUT2D eigenvalue weighted by Crippen LogP contribution is -2.20. The van der Waals surface area contributed by atoms with Crippen molar-refractivity contribution in [3.63, 3.8) is 0 Å². The zero-order valence-corrected chi connectivity index (χ0v) is 16.5. The summed E-state index contributed by atoms with van der Waals surface area (Å²) in [4.78, 5) is 25.3. The Morgan fingerprint density at radius 2 is 2.00 bits per heavy atom. The van der Waals surface area contributed by atoms with Crippen LogP contribution in [0.15, 0.2) is 30.3 Å². The summed E-state index contributed by atoms with van der Waals surface area (Å²) in [6, 6.07) is 7.54. The Labute approximate surface area is 165 Å². The number of carbonyl (C=O) groups is 2. The van der Waals surface area contributed by atoms with Crippen LogP contribution in [0.5, 0.6) is 5.75 Å². The molecule has 0 bridgehead atoms. The van der Waals surface area contributed by atoms with Crippen LogP contribution in [-0.4, -0.2) is 34.2 Å². The van der Waals surface area contributed by atoms with Crippen molar-refractivity contribution in [3.05, 3.63) is 52.8 Å². The van der Waals surface area contributed by atoms with Gasteiger partial charge in [0.2, 0.25) is 0 Å². The van der Waals surface area contributed by atoms with Gasteiger partial charge in [-0.1, -0.05) is 6.07 Å². The molecule has 1 heterocycles. The van der Waals surface area contributed by atoms with Crippen LogP contribution in [0.1, 0.15) is 40.7 Å². The van der Waals surface area contributed by atoms with Gasteiger partial charge in [0, 0.05) is 12.0 Å². The van der Waals surface area contributed by atoms with Gasteiger partial charge in [-0.05, 0) is 49.2 Å². The summed E-state index contributed by atoms with van der Waals surface area (Å²) in [6.07, 6.45) is -0.146. The number of aromatic nitrogens is 2. The van der Waals surface area contributed by atoms with Crippen LogP contribution >= 0.6 is 11.7 Å². The van der Waals surface area contributed by atoms with Crippen LogP contribution in [0.3, 0.4) is 0 Å². The highest BCUT2D eigenvalue weighted by atomic mass is 32.1. The summed E-state index contributed by atoms with van der Waals surface area (Å²) in [6.45, 7) is 3.77. The fourth-order valence-corrected chi connectivity index (χ4v) is 3.59. The van der Waals surface area contributed by atoms with E-state index in [0.29, 0.717) is 11.1 Å². The third-order valence-corrected chi connectivity index (χ3v) is 4.95. The van der Waals surface area contributed by atoms with Crippen molar-refractivity contribution in [3.8, 4) is 5.75 Å². The Kier molecular flexibility index (Phi) is 5.99. The van der Waals surface area contributed by atoms with E-state index in [4.69, 9.17) is 9.47 Å². The Hall–Kier alpha value is -2.87. The van der Waals surface area contributed by atoms with E-state index < -0.39 is 17.7 Å². The van der Waals surface area contributed by atoms with Gasteiger partial charge in [0.05, 0.1) is 31.4 Å². The number of ketones is 1. The van der Waals surface area contributed by atoms with Crippen LogP contribution in [0.2, 0.25) is 0 Å². The Balaban J connectivity index is 1.94. The van der Waals surface area contributed by atoms with E-state index in [9.17, 15) is 14.0 Å². The molecule has 2 aromatic carbocycles. The van der Waals surface area contributed by atoms with Crippen LogP contribution in [0.4, 0.5) is 4.39 Å². The van der Waals surface area contributed by atoms with Crippen molar-refractivity contribution >= 4 is 34.5 Å². The number of ether oxygens (including phenoxy) is 2. The first-order valence-electron chi connectivity index (χ1n) is 8.70. The lowest BCUT2D eigenvalue weighted by molar-refractivity contribution is -0.144. The zero-order chi connectivity index (χ0) is 20.3. The molecule has 0 spiro atoms. The molecular formula is C20H19FN2O4S. The quantitative estimate of drug-likeness (QED) is 0.438. The number of hydrogen-bond acceptors (Lipinski definition) is 7. The monoisotopic (exact) mass is 402 g/mol. The molecular weight excluding hydrogens is 383 g/mol. The second kappa shape index (κ2) is 8.43. The SMILES string of the molecule is CCOC(=O)C(CC(=O)c1ccc(OC)c(F)c1)c1cc(C)c2nsnc2c1. The van der Waals surface area contributed by atoms with Crippen molar-refractivity contribution < 1.29 is 23.5 Å². The zero-order valence-electron chi connectivity index (χ0n) is 15.7. The van der Waals surface area contributed by atoms with E-state index in [2.05, 4.69) is 8.75 Å². The molecule has 146 valence electrons. The van der Waals surface area contributed by atoms with Gasteiger partial charge in [0.25, 0.3) is 0 Å². The number of hydrogen-bond donors (Lipinski definition) is 0. The molecule has 28 heavy (non-hydrogen) atoms. The first-order valence-corrected chi connectivity index (χ1v) is 9.43. The van der Waals surface area contributed by atoms with E-state index in [1.807, 2.05) is 13.0 Å². The molecule has 8 heteroatoms. The molecule has 0 radical (unpaired) electrons. The first kappa shape index (κ1) is 19.9. The minimum Gasteiger partial charge on any atom is -0.494 e. The van der Waals surface area contributed by atoms with Gasteiger partial charge in [0.1, 0.15) is 11.0 Å². The summed E-state index contributed by atoms with van der Waals surface area (Å²) in [5.74, 6) is -2.27. The van der Waals surface area contributed by atoms with Gasteiger partial charge < -0.3 is 9.47 Å². The van der Waals surface area contributed by atoms with E-state index in [1.54, 1.807) is 13.0 Å². The molecule has 6 nitrogen and oxygen atoms in total. The second-order valence-electron chi connectivity index (χ2n) is 6.25. The number of rotatable bonds is 7. The molecule has 0 aliphatic carbocycles. The van der Waals surface area contributed by atoms with Gasteiger partial charge in [-0.2, -0.15) is 8.75 Å². The summed E-state index contributed by atoms with van der Waals surface area (Å²) in [7, 11) is 1.35. The predicted octanol–water partition coefficient (Wildman–Crippen LogP) is 4.07. The number of esters is 1. The minimum atomic E-state index is -0.817. The smallest absolute Gasteiger partial charge is 0.313 e. The summed E-state index contributed by atoms with van der Waals surface area (Å²) in [5, 5.41) is 0. The lowest BCUT2D eigenvalue weighted by atomic mass is 9.90.